The number of ether oxygens (including phenoxy) is 1. The van der Waals surface area contributed by atoms with Crippen molar-refractivity contribution in [1.29, 1.82) is 0 Å². The van der Waals surface area contributed by atoms with Gasteiger partial charge in [-0.25, -0.2) is 9.78 Å². The molecule has 1 amide bonds. The van der Waals surface area contributed by atoms with Crippen LogP contribution in [0, 0.1) is 5.92 Å². The van der Waals surface area contributed by atoms with Crippen LogP contribution in [0.4, 0.5) is 4.79 Å². The van der Waals surface area contributed by atoms with Crippen LogP contribution in [0.3, 0.4) is 0 Å². The summed E-state index contributed by atoms with van der Waals surface area (Å²) >= 11 is 3.61. The normalized spacial score (nSPS) is 16.6. The maximum Gasteiger partial charge on any atom is 0.410 e. The van der Waals surface area contributed by atoms with Gasteiger partial charge in [0, 0.05) is 41.9 Å². The largest absolute Gasteiger partial charge is 0.444 e. The lowest BCUT2D eigenvalue weighted by atomic mass is 9.97. The number of carbonyl (C=O) groups excluding carboxylic acids is 1. The van der Waals surface area contributed by atoms with Gasteiger partial charge < -0.3 is 14.2 Å². The van der Waals surface area contributed by atoms with Gasteiger partial charge in [0.25, 0.3) is 0 Å². The van der Waals surface area contributed by atoms with E-state index in [9.17, 15) is 4.79 Å². The van der Waals surface area contributed by atoms with Crippen molar-refractivity contribution in [2.45, 2.75) is 45.8 Å². The molecule has 3 heterocycles. The van der Waals surface area contributed by atoms with Crippen molar-refractivity contribution in [2.24, 2.45) is 5.92 Å². The van der Waals surface area contributed by atoms with E-state index >= 15 is 0 Å². The molecule has 1 saturated heterocycles. The van der Waals surface area contributed by atoms with Gasteiger partial charge >= 0.3 is 6.09 Å². The second-order valence-electron chi connectivity index (χ2n) is 7.41. The first-order valence-corrected chi connectivity index (χ1v) is 9.20. The molecule has 130 valence electrons. The Morgan fingerprint density at radius 2 is 2.08 bits per heavy atom. The molecule has 2 aromatic rings. The number of amides is 1. The molecule has 0 saturated carbocycles. The van der Waals surface area contributed by atoms with Crippen LogP contribution in [0.1, 0.15) is 33.6 Å². The lowest BCUT2D eigenvalue weighted by Crippen LogP contribution is -2.42. The summed E-state index contributed by atoms with van der Waals surface area (Å²) < 4.78 is 8.75. The van der Waals surface area contributed by atoms with E-state index < -0.39 is 5.60 Å². The number of nitrogens with zero attached hydrogens (tertiary/aromatic N) is 3. The molecule has 0 aliphatic carbocycles. The fraction of sp³-hybridized carbons (Fsp3) is 0.556. The van der Waals surface area contributed by atoms with Crippen molar-refractivity contribution in [3.63, 3.8) is 0 Å². The summed E-state index contributed by atoms with van der Waals surface area (Å²) in [6, 6.07) is 4.03. The molecular formula is C18H24BrN3O2. The number of hydrogen-bond donors (Lipinski definition) is 0. The molecule has 0 unspecified atom stereocenters. The molecule has 0 spiro atoms. The summed E-state index contributed by atoms with van der Waals surface area (Å²) in [5.41, 5.74) is 0.578. The van der Waals surface area contributed by atoms with E-state index in [1.807, 2.05) is 37.9 Å². The number of carbonyl (C=O) groups is 1. The van der Waals surface area contributed by atoms with Crippen LogP contribution >= 0.6 is 15.9 Å². The summed E-state index contributed by atoms with van der Waals surface area (Å²) in [6.45, 7) is 8.15. The van der Waals surface area contributed by atoms with E-state index in [4.69, 9.17) is 4.74 Å². The van der Waals surface area contributed by atoms with Crippen LogP contribution < -0.4 is 0 Å². The molecule has 3 rings (SSSR count). The number of piperidine rings is 1. The highest BCUT2D eigenvalue weighted by Crippen LogP contribution is 2.27. The number of hydrogen-bond acceptors (Lipinski definition) is 3. The van der Waals surface area contributed by atoms with E-state index in [1.165, 1.54) is 0 Å². The Morgan fingerprint density at radius 1 is 1.38 bits per heavy atom. The van der Waals surface area contributed by atoms with Gasteiger partial charge in [-0.1, -0.05) is 0 Å². The van der Waals surface area contributed by atoms with Gasteiger partial charge in [-0.2, -0.15) is 0 Å². The van der Waals surface area contributed by atoms with Crippen LogP contribution in [-0.2, 0) is 11.3 Å². The molecule has 1 aliphatic heterocycles. The zero-order valence-electron chi connectivity index (χ0n) is 14.5. The number of likely N-dealkylation sites (tertiary alicyclic amines) is 1. The Kier molecular flexibility index (Phi) is 4.85. The number of aromatic nitrogens is 2. The van der Waals surface area contributed by atoms with E-state index in [0.29, 0.717) is 5.92 Å². The molecule has 1 aliphatic rings. The Bertz CT molecular complexity index is 727. The van der Waals surface area contributed by atoms with Crippen molar-refractivity contribution >= 4 is 33.1 Å². The van der Waals surface area contributed by atoms with Gasteiger partial charge in [-0.05, 0) is 67.6 Å². The monoisotopic (exact) mass is 393 g/mol. The van der Waals surface area contributed by atoms with Gasteiger partial charge in [0.15, 0.2) is 0 Å². The van der Waals surface area contributed by atoms with Crippen LogP contribution in [-0.4, -0.2) is 39.2 Å². The quantitative estimate of drug-likeness (QED) is 0.756. The van der Waals surface area contributed by atoms with Crippen molar-refractivity contribution in [3.05, 3.63) is 29.0 Å². The summed E-state index contributed by atoms with van der Waals surface area (Å²) in [5, 5.41) is 1.14. The fourth-order valence-corrected chi connectivity index (χ4v) is 3.68. The molecule has 0 atom stereocenters. The Labute approximate surface area is 151 Å². The van der Waals surface area contributed by atoms with Gasteiger partial charge in [-0.15, -0.1) is 0 Å². The predicted octanol–water partition coefficient (Wildman–Crippen LogP) is 4.45. The summed E-state index contributed by atoms with van der Waals surface area (Å²) in [7, 11) is 0. The van der Waals surface area contributed by atoms with Crippen molar-refractivity contribution in [1.82, 2.24) is 14.5 Å². The topological polar surface area (TPSA) is 47.4 Å². The minimum absolute atomic E-state index is 0.197. The first-order valence-electron chi connectivity index (χ1n) is 8.41. The highest BCUT2D eigenvalue weighted by Gasteiger charge is 2.27. The van der Waals surface area contributed by atoms with Crippen LogP contribution in [0.25, 0.3) is 11.0 Å². The average Bonchev–Trinajstić information content (AvgIpc) is 2.83. The lowest BCUT2D eigenvalue weighted by molar-refractivity contribution is 0.0178. The first kappa shape index (κ1) is 17.3. The second kappa shape index (κ2) is 6.75. The number of halogens is 1. The van der Waals surface area contributed by atoms with Gasteiger partial charge in [0.05, 0.1) is 0 Å². The predicted molar refractivity (Wildman–Crippen MR) is 98.0 cm³/mol. The van der Waals surface area contributed by atoms with E-state index in [1.54, 1.807) is 0 Å². The standard InChI is InChI=1S/C18H24BrN3O2/c1-18(2,3)24-17(23)21-9-6-13(7-10-21)11-22-12-15(19)14-5-4-8-20-16(14)22/h4-5,8,12-13H,6-7,9-11H2,1-3H3. The Morgan fingerprint density at radius 3 is 2.75 bits per heavy atom. The minimum atomic E-state index is -0.435. The highest BCUT2D eigenvalue weighted by atomic mass is 79.9. The molecule has 2 aromatic heterocycles. The first-order chi connectivity index (χ1) is 11.3. The fourth-order valence-electron chi connectivity index (χ4n) is 3.12. The minimum Gasteiger partial charge on any atom is -0.444 e. The summed E-state index contributed by atoms with van der Waals surface area (Å²) in [5.74, 6) is 0.549. The SMILES string of the molecule is CC(C)(C)OC(=O)N1CCC(Cn2cc(Br)c3cccnc32)CC1. The summed E-state index contributed by atoms with van der Waals surface area (Å²) in [4.78, 5) is 18.5. The smallest absolute Gasteiger partial charge is 0.410 e. The van der Waals surface area contributed by atoms with Crippen LogP contribution in [0.15, 0.2) is 29.0 Å². The van der Waals surface area contributed by atoms with Gasteiger partial charge in [-0.3, -0.25) is 0 Å². The van der Waals surface area contributed by atoms with Crippen molar-refractivity contribution in [2.75, 3.05) is 13.1 Å². The maximum atomic E-state index is 12.1. The third-order valence-electron chi connectivity index (χ3n) is 4.31. The lowest BCUT2D eigenvalue weighted by Gasteiger charge is -2.33. The molecule has 0 N–H and O–H groups in total. The summed E-state index contributed by atoms with van der Waals surface area (Å²) in [6.07, 6.45) is 5.72. The van der Waals surface area contributed by atoms with Crippen LogP contribution in [0.5, 0.6) is 0 Å². The zero-order chi connectivity index (χ0) is 17.3. The number of rotatable bonds is 2. The van der Waals surface area contributed by atoms with Gasteiger partial charge in [0.1, 0.15) is 11.2 Å². The molecular weight excluding hydrogens is 370 g/mol. The Balaban J connectivity index is 1.60. The third-order valence-corrected chi connectivity index (χ3v) is 4.94. The molecule has 0 radical (unpaired) electrons. The van der Waals surface area contributed by atoms with Crippen molar-refractivity contribution < 1.29 is 9.53 Å². The molecule has 1 fully saturated rings. The number of fused-ring (bicyclic) bond motifs is 1. The molecule has 5 nitrogen and oxygen atoms in total. The molecule has 24 heavy (non-hydrogen) atoms. The van der Waals surface area contributed by atoms with Gasteiger partial charge in [0.2, 0.25) is 0 Å². The molecule has 6 heteroatoms. The second-order valence-corrected chi connectivity index (χ2v) is 8.27. The molecule has 0 aromatic carbocycles. The maximum absolute atomic E-state index is 12.1. The highest BCUT2D eigenvalue weighted by molar-refractivity contribution is 9.10. The third kappa shape index (κ3) is 3.91. The van der Waals surface area contributed by atoms with Crippen molar-refractivity contribution in [3.8, 4) is 0 Å². The number of pyridine rings is 1. The zero-order valence-corrected chi connectivity index (χ0v) is 16.0. The van der Waals surface area contributed by atoms with Crippen LogP contribution in [0.2, 0.25) is 0 Å². The average molecular weight is 394 g/mol. The Hall–Kier alpha value is -1.56. The van der Waals surface area contributed by atoms with E-state index in [-0.39, 0.29) is 6.09 Å². The molecule has 0 bridgehead atoms. The van der Waals surface area contributed by atoms with E-state index in [0.717, 1.165) is 48.0 Å². The van der Waals surface area contributed by atoms with E-state index in [2.05, 4.69) is 37.7 Å².